The van der Waals surface area contributed by atoms with Crippen LogP contribution in [0.3, 0.4) is 0 Å². The molecule has 1 aromatic carbocycles. The molecule has 6 heteroatoms. The van der Waals surface area contributed by atoms with Gasteiger partial charge in [-0.3, -0.25) is 4.79 Å². The van der Waals surface area contributed by atoms with Crippen molar-refractivity contribution >= 4 is 23.3 Å². The van der Waals surface area contributed by atoms with E-state index in [0.717, 1.165) is 24.8 Å². The number of unbranched alkanes of at least 4 members (excludes halogenated alkanes) is 1. The van der Waals surface area contributed by atoms with Crippen molar-refractivity contribution in [3.8, 4) is 0 Å². The highest BCUT2D eigenvalue weighted by Gasteiger charge is 2.57. The van der Waals surface area contributed by atoms with Crippen molar-refractivity contribution in [2.24, 2.45) is 23.2 Å². The summed E-state index contributed by atoms with van der Waals surface area (Å²) in [5.74, 6) is 0.925. The quantitative estimate of drug-likeness (QED) is 0.272. The van der Waals surface area contributed by atoms with Crippen LogP contribution in [-0.2, 0) is 20.2 Å². The molecule has 5 nitrogen and oxygen atoms in total. The molecule has 0 spiro atoms. The number of nitrogens with one attached hydrogen (secondary N) is 1. The number of aryl methyl sites for hydroxylation is 1. The molecule has 3 aliphatic rings. The number of carboxylic acid groups (broad SMARTS) is 1. The summed E-state index contributed by atoms with van der Waals surface area (Å²) in [6.07, 6.45) is 12.4. The van der Waals surface area contributed by atoms with Crippen LogP contribution in [-0.4, -0.2) is 21.3 Å². The SMILES string of the molecule is Cc1ccc(/C=C/OS(=O)NC2C[C@H]3C[C@@H](C2C/C=C\CCCC(=O)O)C3(C)C)cc1. The minimum atomic E-state index is -1.58. The lowest BCUT2D eigenvalue weighted by Gasteiger charge is -2.62. The zero-order valence-electron chi connectivity index (χ0n) is 18.8. The Bertz CT molecular complexity index is 830. The van der Waals surface area contributed by atoms with Crippen molar-refractivity contribution in [3.63, 3.8) is 0 Å². The fraction of sp³-hybridized carbons (Fsp3) is 0.560. The highest BCUT2D eigenvalue weighted by atomic mass is 32.2. The molecule has 0 radical (unpaired) electrons. The maximum Gasteiger partial charge on any atom is 0.303 e. The molecule has 0 aliphatic heterocycles. The van der Waals surface area contributed by atoms with E-state index < -0.39 is 17.2 Å². The van der Waals surface area contributed by atoms with E-state index in [-0.39, 0.29) is 12.5 Å². The summed E-state index contributed by atoms with van der Waals surface area (Å²) < 4.78 is 21.1. The van der Waals surface area contributed by atoms with Crippen LogP contribution >= 0.6 is 0 Å². The first-order valence-corrected chi connectivity index (χ1v) is 12.3. The van der Waals surface area contributed by atoms with Crippen LogP contribution in [0.4, 0.5) is 0 Å². The van der Waals surface area contributed by atoms with Crippen molar-refractivity contribution < 1.29 is 18.3 Å². The van der Waals surface area contributed by atoms with E-state index in [1.807, 2.05) is 37.3 Å². The van der Waals surface area contributed by atoms with Gasteiger partial charge in [-0.1, -0.05) is 55.8 Å². The van der Waals surface area contributed by atoms with Gasteiger partial charge in [-0.05, 0) is 73.8 Å². The van der Waals surface area contributed by atoms with Crippen LogP contribution in [0.25, 0.3) is 6.08 Å². The van der Waals surface area contributed by atoms with E-state index in [2.05, 4.69) is 30.7 Å². The van der Waals surface area contributed by atoms with E-state index in [4.69, 9.17) is 9.29 Å². The van der Waals surface area contributed by atoms with Crippen molar-refractivity contribution in [2.45, 2.75) is 65.3 Å². The summed E-state index contributed by atoms with van der Waals surface area (Å²) in [5, 5.41) is 8.75. The second kappa shape index (κ2) is 10.6. The van der Waals surface area contributed by atoms with Gasteiger partial charge in [0.1, 0.15) is 6.26 Å². The molecule has 5 atom stereocenters. The normalized spacial score (nSPS) is 27.8. The molecule has 3 saturated carbocycles. The van der Waals surface area contributed by atoms with Crippen LogP contribution in [0.5, 0.6) is 0 Å². The Hall–Kier alpha value is -1.92. The Kier molecular flexibility index (Phi) is 8.11. The van der Waals surface area contributed by atoms with Gasteiger partial charge in [0, 0.05) is 12.5 Å². The standard InChI is InChI=1S/C25H35NO4S/c1-18-10-12-19(13-11-18)14-15-30-31(29)26-23-17-20-16-22(25(20,2)3)21(23)8-6-4-5-7-9-24(27)28/h4,6,10-15,20-23,26H,5,7-9,16-17H2,1-3H3,(H,27,28)/b6-4-,15-14+/t20-,21?,22+,23?,31?/m1/s1. The molecule has 3 aliphatic carbocycles. The molecule has 0 saturated heterocycles. The monoisotopic (exact) mass is 445 g/mol. The Balaban J connectivity index is 1.52. The van der Waals surface area contributed by atoms with Gasteiger partial charge in [-0.2, -0.15) is 4.21 Å². The summed E-state index contributed by atoms with van der Waals surface area (Å²) >= 11 is -1.58. The molecule has 31 heavy (non-hydrogen) atoms. The number of carbonyl (C=O) groups is 1. The van der Waals surface area contributed by atoms with Gasteiger partial charge >= 0.3 is 5.97 Å². The summed E-state index contributed by atoms with van der Waals surface area (Å²) in [7, 11) is 0. The molecule has 3 fully saturated rings. The minimum absolute atomic E-state index is 0.161. The van der Waals surface area contributed by atoms with Crippen LogP contribution in [0.15, 0.2) is 42.7 Å². The van der Waals surface area contributed by atoms with Gasteiger partial charge in [-0.15, -0.1) is 0 Å². The summed E-state index contributed by atoms with van der Waals surface area (Å²) in [6, 6.07) is 8.23. The zero-order chi connectivity index (χ0) is 22.4. The Morgan fingerprint density at radius 3 is 2.68 bits per heavy atom. The molecule has 4 rings (SSSR count). The Morgan fingerprint density at radius 2 is 2.00 bits per heavy atom. The lowest BCUT2D eigenvalue weighted by Crippen LogP contribution is -2.60. The molecule has 170 valence electrons. The van der Waals surface area contributed by atoms with Crippen molar-refractivity contribution in [3.05, 3.63) is 53.8 Å². The fourth-order valence-corrected chi connectivity index (χ4v) is 5.87. The first-order valence-electron chi connectivity index (χ1n) is 11.2. The van der Waals surface area contributed by atoms with Crippen LogP contribution in [0.2, 0.25) is 0 Å². The predicted molar refractivity (Wildman–Crippen MR) is 125 cm³/mol. The molecule has 0 heterocycles. The molecule has 0 aromatic heterocycles. The highest BCUT2D eigenvalue weighted by Crippen LogP contribution is 2.62. The number of fused-ring (bicyclic) bond motifs is 2. The van der Waals surface area contributed by atoms with Gasteiger partial charge in [-0.25, -0.2) is 4.72 Å². The molecule has 1 aromatic rings. The Morgan fingerprint density at radius 1 is 1.26 bits per heavy atom. The van der Waals surface area contributed by atoms with Crippen molar-refractivity contribution in [1.82, 2.24) is 4.72 Å². The fourth-order valence-electron chi connectivity index (χ4n) is 5.14. The number of carboxylic acids is 1. The highest BCUT2D eigenvalue weighted by molar-refractivity contribution is 7.78. The summed E-state index contributed by atoms with van der Waals surface area (Å²) in [4.78, 5) is 10.6. The number of allylic oxidation sites excluding steroid dienone is 2. The van der Waals surface area contributed by atoms with E-state index in [0.29, 0.717) is 29.6 Å². The third-order valence-corrected chi connectivity index (χ3v) is 7.96. The predicted octanol–water partition coefficient (Wildman–Crippen LogP) is 5.40. The summed E-state index contributed by atoms with van der Waals surface area (Å²) in [6.45, 7) is 6.74. The number of rotatable bonds is 11. The third kappa shape index (κ3) is 6.30. The molecule has 2 bridgehead atoms. The lowest BCUT2D eigenvalue weighted by atomic mass is 9.44. The average Bonchev–Trinajstić information content (AvgIpc) is 2.72. The average molecular weight is 446 g/mol. The Labute approximate surface area is 188 Å². The summed E-state index contributed by atoms with van der Waals surface area (Å²) in [5.41, 5.74) is 2.53. The lowest BCUT2D eigenvalue weighted by molar-refractivity contribution is -0.137. The third-order valence-electron chi connectivity index (χ3n) is 7.18. The van der Waals surface area contributed by atoms with Gasteiger partial charge in [0.25, 0.3) is 11.3 Å². The van der Waals surface area contributed by atoms with E-state index >= 15 is 0 Å². The van der Waals surface area contributed by atoms with Crippen LogP contribution < -0.4 is 4.72 Å². The van der Waals surface area contributed by atoms with Crippen molar-refractivity contribution in [1.29, 1.82) is 0 Å². The van der Waals surface area contributed by atoms with Crippen molar-refractivity contribution in [2.75, 3.05) is 0 Å². The van der Waals surface area contributed by atoms with Gasteiger partial charge in [0.2, 0.25) is 0 Å². The van der Waals surface area contributed by atoms with Crippen LogP contribution in [0, 0.1) is 30.1 Å². The van der Waals surface area contributed by atoms with E-state index in [1.165, 1.54) is 18.2 Å². The van der Waals surface area contributed by atoms with Gasteiger partial charge in [0.15, 0.2) is 0 Å². The van der Waals surface area contributed by atoms with Crippen LogP contribution in [0.1, 0.15) is 63.5 Å². The number of aliphatic carboxylic acids is 1. The number of benzene rings is 1. The maximum atomic E-state index is 12.5. The molecule has 2 N–H and O–H groups in total. The topological polar surface area (TPSA) is 75.6 Å². The molecule has 3 unspecified atom stereocenters. The van der Waals surface area contributed by atoms with E-state index in [1.54, 1.807) is 0 Å². The van der Waals surface area contributed by atoms with Gasteiger partial charge in [0.05, 0.1) is 0 Å². The second-order valence-corrected chi connectivity index (χ2v) is 10.4. The smallest absolute Gasteiger partial charge is 0.303 e. The molecule has 0 amide bonds. The number of hydrogen-bond acceptors (Lipinski definition) is 3. The number of hydrogen-bond donors (Lipinski definition) is 2. The first-order chi connectivity index (χ1) is 14.8. The maximum absolute atomic E-state index is 12.5. The zero-order valence-corrected chi connectivity index (χ0v) is 19.6. The minimum Gasteiger partial charge on any atom is -0.481 e. The first kappa shape index (κ1) is 23.7. The molecular formula is C25H35NO4S. The molecular weight excluding hydrogens is 410 g/mol. The van der Waals surface area contributed by atoms with Gasteiger partial charge < -0.3 is 9.29 Å². The largest absolute Gasteiger partial charge is 0.481 e. The van der Waals surface area contributed by atoms with E-state index in [9.17, 15) is 9.00 Å². The second-order valence-electron chi connectivity index (χ2n) is 9.52.